The molecule has 0 bridgehead atoms. The molecule has 1 heterocycles. The van der Waals surface area contributed by atoms with E-state index in [9.17, 15) is 9.59 Å². The molecule has 0 radical (unpaired) electrons. The summed E-state index contributed by atoms with van der Waals surface area (Å²) in [5.74, 6) is -0.532. The maximum absolute atomic E-state index is 12.1. The van der Waals surface area contributed by atoms with Crippen LogP contribution in [0.15, 0.2) is 18.2 Å². The number of halogens is 1. The molecular weight excluding hydrogens is 310 g/mol. The molecule has 2 rings (SSSR count). The zero-order chi connectivity index (χ0) is 15.4. The quantitative estimate of drug-likeness (QED) is 0.712. The highest BCUT2D eigenvalue weighted by Gasteiger charge is 2.16. The van der Waals surface area contributed by atoms with Gasteiger partial charge < -0.3 is 16.8 Å². The summed E-state index contributed by atoms with van der Waals surface area (Å²) in [6.07, 6.45) is 1.69. The van der Waals surface area contributed by atoms with E-state index in [1.807, 2.05) is 6.07 Å². The number of primary amides is 1. The fraction of sp³-hybridized carbons (Fsp3) is 0.286. The highest BCUT2D eigenvalue weighted by atomic mass is 35.5. The monoisotopic (exact) mass is 325 g/mol. The Morgan fingerprint density at radius 1 is 1.29 bits per heavy atom. The topological polar surface area (TPSA) is 98.2 Å². The molecule has 1 aromatic carbocycles. The molecule has 0 aliphatic carbocycles. The number of rotatable bonds is 6. The zero-order valence-electron chi connectivity index (χ0n) is 11.3. The molecule has 5 nitrogen and oxygen atoms in total. The number of thiophene rings is 1. The van der Waals surface area contributed by atoms with Gasteiger partial charge in [-0.3, -0.25) is 9.59 Å². The van der Waals surface area contributed by atoms with Crippen LogP contribution in [0.25, 0.3) is 10.1 Å². The molecule has 1 aromatic heterocycles. The van der Waals surface area contributed by atoms with Gasteiger partial charge in [-0.25, -0.2) is 0 Å². The van der Waals surface area contributed by atoms with Crippen molar-refractivity contribution in [1.29, 1.82) is 0 Å². The molecule has 0 atom stereocenters. The summed E-state index contributed by atoms with van der Waals surface area (Å²) in [5.41, 5.74) is 11.5. The van der Waals surface area contributed by atoms with Gasteiger partial charge in [-0.2, -0.15) is 0 Å². The van der Waals surface area contributed by atoms with Crippen LogP contribution >= 0.6 is 22.9 Å². The minimum Gasteiger partial charge on any atom is -0.397 e. The molecule has 21 heavy (non-hydrogen) atoms. The van der Waals surface area contributed by atoms with E-state index >= 15 is 0 Å². The van der Waals surface area contributed by atoms with Crippen molar-refractivity contribution in [1.82, 2.24) is 5.32 Å². The van der Waals surface area contributed by atoms with Gasteiger partial charge in [0, 0.05) is 28.1 Å². The first-order valence-corrected chi connectivity index (χ1v) is 7.72. The number of unbranched alkanes of at least 4 members (excludes halogenated alkanes) is 1. The molecule has 2 amide bonds. The van der Waals surface area contributed by atoms with Gasteiger partial charge in [-0.05, 0) is 31.0 Å². The van der Waals surface area contributed by atoms with Gasteiger partial charge in [0.2, 0.25) is 5.91 Å². The summed E-state index contributed by atoms with van der Waals surface area (Å²) in [7, 11) is 0. The van der Waals surface area contributed by atoms with Gasteiger partial charge in [0.25, 0.3) is 5.91 Å². The van der Waals surface area contributed by atoms with Crippen LogP contribution in [0.1, 0.15) is 28.9 Å². The minimum atomic E-state index is -0.327. The van der Waals surface area contributed by atoms with Gasteiger partial charge in [0.05, 0.1) is 5.69 Å². The fourth-order valence-corrected chi connectivity index (χ4v) is 3.28. The third kappa shape index (κ3) is 3.86. The summed E-state index contributed by atoms with van der Waals surface area (Å²) in [6, 6.07) is 5.35. The highest BCUT2D eigenvalue weighted by Crippen LogP contribution is 2.35. The van der Waals surface area contributed by atoms with E-state index in [0.717, 1.165) is 10.1 Å². The predicted molar refractivity (Wildman–Crippen MR) is 86.6 cm³/mol. The number of amides is 2. The molecule has 0 unspecified atom stereocenters. The van der Waals surface area contributed by atoms with Crippen molar-refractivity contribution in [2.24, 2.45) is 5.73 Å². The van der Waals surface area contributed by atoms with E-state index in [1.54, 1.807) is 12.1 Å². The van der Waals surface area contributed by atoms with Crippen molar-refractivity contribution in [3.63, 3.8) is 0 Å². The number of carbonyl (C=O) groups excluding carboxylic acids is 2. The highest BCUT2D eigenvalue weighted by molar-refractivity contribution is 7.21. The Labute approximate surface area is 131 Å². The summed E-state index contributed by atoms with van der Waals surface area (Å²) < 4.78 is 0.888. The third-order valence-corrected chi connectivity index (χ3v) is 4.43. The number of nitrogens with one attached hydrogen (secondary N) is 1. The lowest BCUT2D eigenvalue weighted by Crippen LogP contribution is -2.24. The first-order valence-electron chi connectivity index (χ1n) is 6.53. The van der Waals surface area contributed by atoms with Gasteiger partial charge in [0.15, 0.2) is 0 Å². The van der Waals surface area contributed by atoms with E-state index in [2.05, 4.69) is 5.32 Å². The fourth-order valence-electron chi connectivity index (χ4n) is 1.97. The molecule has 0 aliphatic rings. The van der Waals surface area contributed by atoms with E-state index in [1.165, 1.54) is 11.3 Å². The smallest absolute Gasteiger partial charge is 0.263 e. The molecule has 0 spiro atoms. The molecule has 0 saturated carbocycles. The lowest BCUT2D eigenvalue weighted by atomic mass is 10.2. The second-order valence-electron chi connectivity index (χ2n) is 4.66. The zero-order valence-corrected chi connectivity index (χ0v) is 12.9. The maximum atomic E-state index is 12.1. The Kier molecular flexibility index (Phi) is 5.03. The van der Waals surface area contributed by atoms with Gasteiger partial charge in [0.1, 0.15) is 4.88 Å². The van der Waals surface area contributed by atoms with Crippen LogP contribution in [0, 0.1) is 0 Å². The standard InChI is InChI=1S/C14H16ClN3O2S/c15-8-4-5-9-10(7-8)21-13(12(9)17)14(20)18-6-2-1-3-11(16)19/h4-5,7H,1-3,6,17H2,(H2,16,19)(H,18,20). The van der Waals surface area contributed by atoms with Crippen LogP contribution < -0.4 is 16.8 Å². The van der Waals surface area contributed by atoms with Gasteiger partial charge in [-0.1, -0.05) is 11.6 Å². The minimum absolute atomic E-state index is 0.205. The van der Waals surface area contributed by atoms with Crippen LogP contribution in [0.5, 0.6) is 0 Å². The molecular formula is C14H16ClN3O2S. The van der Waals surface area contributed by atoms with Gasteiger partial charge >= 0.3 is 0 Å². The Morgan fingerprint density at radius 2 is 2.05 bits per heavy atom. The molecule has 0 saturated heterocycles. The number of hydrogen-bond acceptors (Lipinski definition) is 4. The number of fused-ring (bicyclic) bond motifs is 1. The maximum Gasteiger partial charge on any atom is 0.263 e. The van der Waals surface area contributed by atoms with E-state index in [4.69, 9.17) is 23.1 Å². The van der Waals surface area contributed by atoms with Crippen molar-refractivity contribution in [3.05, 3.63) is 28.1 Å². The molecule has 112 valence electrons. The molecule has 5 N–H and O–H groups in total. The lowest BCUT2D eigenvalue weighted by molar-refractivity contribution is -0.118. The molecule has 0 aliphatic heterocycles. The first kappa shape index (κ1) is 15.6. The first-order chi connectivity index (χ1) is 9.99. The Morgan fingerprint density at radius 3 is 2.76 bits per heavy atom. The number of carbonyl (C=O) groups is 2. The van der Waals surface area contributed by atoms with Gasteiger partial charge in [-0.15, -0.1) is 11.3 Å². The number of benzene rings is 1. The number of nitrogen functional groups attached to an aromatic ring is 1. The van der Waals surface area contributed by atoms with Crippen molar-refractivity contribution in [2.45, 2.75) is 19.3 Å². The van der Waals surface area contributed by atoms with E-state index < -0.39 is 0 Å². The van der Waals surface area contributed by atoms with Crippen molar-refractivity contribution in [2.75, 3.05) is 12.3 Å². The summed E-state index contributed by atoms with van der Waals surface area (Å²) in [6.45, 7) is 0.487. The Balaban J connectivity index is 1.99. The lowest BCUT2D eigenvalue weighted by Gasteiger charge is -2.03. The summed E-state index contributed by atoms with van der Waals surface area (Å²) >= 11 is 7.25. The molecule has 2 aromatic rings. The van der Waals surface area contributed by atoms with Crippen molar-refractivity contribution in [3.8, 4) is 0 Å². The second kappa shape index (κ2) is 6.78. The summed E-state index contributed by atoms with van der Waals surface area (Å²) in [5, 5.41) is 4.24. The average molecular weight is 326 g/mol. The largest absolute Gasteiger partial charge is 0.397 e. The van der Waals surface area contributed by atoms with E-state index in [-0.39, 0.29) is 11.8 Å². The predicted octanol–water partition coefficient (Wildman–Crippen LogP) is 2.52. The summed E-state index contributed by atoms with van der Waals surface area (Å²) in [4.78, 5) is 23.2. The Hall–Kier alpha value is -1.79. The van der Waals surface area contributed by atoms with Crippen LogP contribution in [-0.2, 0) is 4.79 Å². The second-order valence-corrected chi connectivity index (χ2v) is 6.15. The number of anilines is 1. The Bertz CT molecular complexity index is 684. The van der Waals surface area contributed by atoms with Crippen LogP contribution in [0.2, 0.25) is 5.02 Å². The average Bonchev–Trinajstić information content (AvgIpc) is 2.74. The van der Waals surface area contributed by atoms with Crippen LogP contribution in [0.4, 0.5) is 5.69 Å². The molecule has 7 heteroatoms. The van der Waals surface area contributed by atoms with Crippen molar-refractivity contribution >= 4 is 50.5 Å². The third-order valence-electron chi connectivity index (χ3n) is 3.03. The number of nitrogens with two attached hydrogens (primary N) is 2. The van der Waals surface area contributed by atoms with E-state index in [0.29, 0.717) is 41.4 Å². The number of hydrogen-bond donors (Lipinski definition) is 3. The normalized spacial score (nSPS) is 10.7. The van der Waals surface area contributed by atoms with Crippen LogP contribution in [-0.4, -0.2) is 18.4 Å². The van der Waals surface area contributed by atoms with Crippen molar-refractivity contribution < 1.29 is 9.59 Å². The molecule has 0 fully saturated rings. The van der Waals surface area contributed by atoms with Crippen LogP contribution in [0.3, 0.4) is 0 Å². The SMILES string of the molecule is NC(=O)CCCCNC(=O)c1sc2cc(Cl)ccc2c1N.